The highest BCUT2D eigenvalue weighted by Gasteiger charge is 2.42. The van der Waals surface area contributed by atoms with Gasteiger partial charge in [-0.1, -0.05) is 66.4 Å². The quantitative estimate of drug-likeness (QED) is 0.793. The van der Waals surface area contributed by atoms with Crippen molar-refractivity contribution < 1.29 is 0 Å². The van der Waals surface area contributed by atoms with Gasteiger partial charge < -0.3 is 5.73 Å². The van der Waals surface area contributed by atoms with Gasteiger partial charge in [0.15, 0.2) is 0 Å². The lowest BCUT2D eigenvalue weighted by Gasteiger charge is -2.36. The average molecular weight is 320 g/mol. The predicted molar refractivity (Wildman–Crippen MR) is 90.0 cm³/mol. The first-order valence-electron chi connectivity index (χ1n) is 7.39. The van der Waals surface area contributed by atoms with Crippen LogP contribution in [0.1, 0.15) is 42.9 Å². The summed E-state index contributed by atoms with van der Waals surface area (Å²) in [6, 6.07) is 16.0. The molecule has 0 heterocycles. The van der Waals surface area contributed by atoms with Crippen LogP contribution in [-0.2, 0) is 5.41 Å². The Bertz CT molecular complexity index is 618. The summed E-state index contributed by atoms with van der Waals surface area (Å²) in [6.45, 7) is 0. The second-order valence-corrected chi connectivity index (χ2v) is 6.72. The fourth-order valence-corrected chi connectivity index (χ4v) is 4.02. The summed E-state index contributed by atoms with van der Waals surface area (Å²) >= 11 is 12.5. The molecule has 2 aromatic rings. The molecule has 2 N–H and O–H groups in total. The summed E-state index contributed by atoms with van der Waals surface area (Å²) in [4.78, 5) is 0. The van der Waals surface area contributed by atoms with Crippen LogP contribution in [-0.4, -0.2) is 0 Å². The van der Waals surface area contributed by atoms with Crippen LogP contribution < -0.4 is 5.73 Å². The Hall–Kier alpha value is -1.02. The van der Waals surface area contributed by atoms with Crippen LogP contribution in [0.25, 0.3) is 0 Å². The van der Waals surface area contributed by atoms with E-state index in [-0.39, 0.29) is 11.5 Å². The molecule has 1 aliphatic rings. The van der Waals surface area contributed by atoms with E-state index >= 15 is 0 Å². The zero-order valence-electron chi connectivity index (χ0n) is 11.9. The lowest BCUT2D eigenvalue weighted by atomic mass is 9.71. The van der Waals surface area contributed by atoms with Crippen molar-refractivity contribution in [1.82, 2.24) is 0 Å². The predicted octanol–water partition coefficient (Wildman–Crippen LogP) is 5.51. The van der Waals surface area contributed by atoms with Gasteiger partial charge in [-0.3, -0.25) is 0 Å². The fraction of sp³-hybridized carbons (Fsp3) is 0.333. The lowest BCUT2D eigenvalue weighted by Crippen LogP contribution is -2.36. The van der Waals surface area contributed by atoms with E-state index in [0.29, 0.717) is 10.0 Å². The van der Waals surface area contributed by atoms with E-state index in [1.165, 1.54) is 18.4 Å². The van der Waals surface area contributed by atoms with Crippen LogP contribution in [0.2, 0.25) is 10.0 Å². The third-order valence-corrected chi connectivity index (χ3v) is 5.31. The number of nitrogens with two attached hydrogens (primary N) is 1. The van der Waals surface area contributed by atoms with Crippen LogP contribution in [0.4, 0.5) is 0 Å². The van der Waals surface area contributed by atoms with Gasteiger partial charge in [0.2, 0.25) is 0 Å². The summed E-state index contributed by atoms with van der Waals surface area (Å²) in [5.74, 6) is 0. The van der Waals surface area contributed by atoms with Crippen LogP contribution in [0.3, 0.4) is 0 Å². The number of hydrogen-bond donors (Lipinski definition) is 1. The molecule has 1 aliphatic carbocycles. The minimum atomic E-state index is -0.131. The minimum Gasteiger partial charge on any atom is -0.323 e. The molecule has 0 spiro atoms. The van der Waals surface area contributed by atoms with Crippen molar-refractivity contribution in [3.8, 4) is 0 Å². The molecule has 0 radical (unpaired) electrons. The Kier molecular flexibility index (Phi) is 4.26. The van der Waals surface area contributed by atoms with E-state index in [1.54, 1.807) is 0 Å². The lowest BCUT2D eigenvalue weighted by molar-refractivity contribution is 0.356. The van der Waals surface area contributed by atoms with Crippen molar-refractivity contribution >= 4 is 23.2 Å². The molecule has 0 bridgehead atoms. The molecule has 110 valence electrons. The van der Waals surface area contributed by atoms with Crippen LogP contribution >= 0.6 is 23.2 Å². The number of rotatable bonds is 3. The molecular weight excluding hydrogens is 301 g/mol. The zero-order chi connectivity index (χ0) is 14.9. The zero-order valence-corrected chi connectivity index (χ0v) is 13.4. The second kappa shape index (κ2) is 6.00. The van der Waals surface area contributed by atoms with Gasteiger partial charge in [-0.25, -0.2) is 0 Å². The van der Waals surface area contributed by atoms with Gasteiger partial charge in [-0.15, -0.1) is 0 Å². The van der Waals surface area contributed by atoms with Gasteiger partial charge in [0.25, 0.3) is 0 Å². The molecule has 1 nitrogen and oxygen atoms in total. The molecule has 2 aromatic carbocycles. The smallest absolute Gasteiger partial charge is 0.0455 e. The first-order valence-corrected chi connectivity index (χ1v) is 8.15. The Morgan fingerprint density at radius 1 is 0.952 bits per heavy atom. The fourth-order valence-electron chi connectivity index (χ4n) is 3.61. The molecule has 0 amide bonds. The summed E-state index contributed by atoms with van der Waals surface area (Å²) < 4.78 is 0. The van der Waals surface area contributed by atoms with E-state index < -0.39 is 0 Å². The Morgan fingerprint density at radius 3 is 2.29 bits per heavy atom. The Morgan fingerprint density at radius 2 is 1.62 bits per heavy atom. The second-order valence-electron chi connectivity index (χ2n) is 5.87. The molecule has 3 heteroatoms. The number of hydrogen-bond acceptors (Lipinski definition) is 1. The Labute approximate surface area is 136 Å². The summed E-state index contributed by atoms with van der Waals surface area (Å²) in [5.41, 5.74) is 8.93. The van der Waals surface area contributed by atoms with Gasteiger partial charge in [-0.05, 0) is 42.2 Å². The van der Waals surface area contributed by atoms with Gasteiger partial charge in [0.05, 0.1) is 0 Å². The van der Waals surface area contributed by atoms with Crippen molar-refractivity contribution in [2.45, 2.75) is 37.1 Å². The first kappa shape index (κ1) is 14.9. The van der Waals surface area contributed by atoms with Crippen molar-refractivity contribution in [1.29, 1.82) is 0 Å². The van der Waals surface area contributed by atoms with Gasteiger partial charge in [-0.2, -0.15) is 0 Å². The van der Waals surface area contributed by atoms with Gasteiger partial charge >= 0.3 is 0 Å². The molecular formula is C18H19Cl2N. The largest absolute Gasteiger partial charge is 0.323 e. The highest BCUT2D eigenvalue weighted by molar-refractivity contribution is 6.33. The highest BCUT2D eigenvalue weighted by Crippen LogP contribution is 2.49. The summed E-state index contributed by atoms with van der Waals surface area (Å²) in [5, 5.41) is 1.39. The van der Waals surface area contributed by atoms with Crippen molar-refractivity contribution in [3.05, 3.63) is 69.7 Å². The minimum absolute atomic E-state index is 0.0322. The maximum absolute atomic E-state index is 6.69. The standard InChI is InChI=1S/C18H19Cl2N/c19-14-8-9-16(20)15(12-14)17(21)18(10-4-5-11-18)13-6-2-1-3-7-13/h1-3,6-9,12,17H,4-5,10-11,21H2. The van der Waals surface area contributed by atoms with Gasteiger partial charge in [0.1, 0.15) is 0 Å². The van der Waals surface area contributed by atoms with Gasteiger partial charge in [0, 0.05) is 21.5 Å². The van der Waals surface area contributed by atoms with E-state index in [9.17, 15) is 0 Å². The average Bonchev–Trinajstić information content (AvgIpc) is 3.01. The maximum Gasteiger partial charge on any atom is 0.0455 e. The molecule has 1 saturated carbocycles. The monoisotopic (exact) mass is 319 g/mol. The van der Waals surface area contributed by atoms with Crippen molar-refractivity contribution in [3.63, 3.8) is 0 Å². The molecule has 0 saturated heterocycles. The molecule has 0 aromatic heterocycles. The number of benzene rings is 2. The maximum atomic E-state index is 6.69. The van der Waals surface area contributed by atoms with Crippen molar-refractivity contribution in [2.75, 3.05) is 0 Å². The molecule has 3 rings (SSSR count). The summed E-state index contributed by atoms with van der Waals surface area (Å²) in [7, 11) is 0. The van der Waals surface area contributed by atoms with E-state index in [2.05, 4.69) is 24.3 Å². The normalized spacial score (nSPS) is 18.6. The van der Waals surface area contributed by atoms with Crippen LogP contribution in [0.15, 0.2) is 48.5 Å². The molecule has 21 heavy (non-hydrogen) atoms. The highest BCUT2D eigenvalue weighted by atomic mass is 35.5. The number of halogens is 2. The van der Waals surface area contributed by atoms with E-state index in [4.69, 9.17) is 28.9 Å². The molecule has 1 atom stereocenters. The van der Waals surface area contributed by atoms with Crippen LogP contribution in [0.5, 0.6) is 0 Å². The molecule has 1 unspecified atom stereocenters. The summed E-state index contributed by atoms with van der Waals surface area (Å²) in [6.07, 6.45) is 4.61. The Balaban J connectivity index is 2.07. The topological polar surface area (TPSA) is 26.0 Å². The van der Waals surface area contributed by atoms with Crippen LogP contribution in [0, 0.1) is 0 Å². The molecule has 1 fully saturated rings. The van der Waals surface area contributed by atoms with E-state index in [1.807, 2.05) is 24.3 Å². The molecule has 0 aliphatic heterocycles. The van der Waals surface area contributed by atoms with E-state index in [0.717, 1.165) is 18.4 Å². The third-order valence-electron chi connectivity index (χ3n) is 4.73. The SMILES string of the molecule is NC(c1cc(Cl)ccc1Cl)C1(c2ccccc2)CCCC1. The first-order chi connectivity index (χ1) is 10.1. The van der Waals surface area contributed by atoms with Crippen molar-refractivity contribution in [2.24, 2.45) is 5.73 Å². The third kappa shape index (κ3) is 2.70.